The molecule has 0 amide bonds. The van der Waals surface area contributed by atoms with E-state index in [4.69, 9.17) is 10.0 Å². The number of aromatic nitrogens is 10. The van der Waals surface area contributed by atoms with Crippen molar-refractivity contribution in [1.29, 1.82) is 0 Å². The van der Waals surface area contributed by atoms with Gasteiger partial charge in [0.05, 0.1) is 29.5 Å². The third-order valence-electron chi connectivity index (χ3n) is 9.93. The molecular formula is C48H42BBrN12O2. The molecule has 0 aliphatic rings. The van der Waals surface area contributed by atoms with Gasteiger partial charge in [-0.25, -0.2) is 19.9 Å². The number of aryl methyl sites for hydroxylation is 2. The van der Waals surface area contributed by atoms with Crippen LogP contribution in [-0.4, -0.2) is 65.8 Å². The molecular weight excluding hydrogens is 867 g/mol. The SMILES string of the molecule is Cc1cc(-c2ccc(CNc3nccn4c(-c5ccccc5)cnc34)cn2)ccn1.Cc1cc(-c2ccc(CNc3nccn4c(Br)cnc34)cn2)ccn1.OB(O)c1ccccc1. The third kappa shape index (κ3) is 10.7. The summed E-state index contributed by atoms with van der Waals surface area (Å²) in [6.45, 7) is 5.19. The lowest BCUT2D eigenvalue weighted by Crippen LogP contribution is -2.29. The fourth-order valence-electron chi connectivity index (χ4n) is 6.69. The van der Waals surface area contributed by atoms with E-state index in [2.05, 4.69) is 95.1 Å². The molecule has 0 saturated heterocycles. The highest BCUT2D eigenvalue weighted by Gasteiger charge is 2.12. The molecule has 14 nitrogen and oxygen atoms in total. The summed E-state index contributed by atoms with van der Waals surface area (Å²) in [6, 6.07) is 35.1. The second-order valence-electron chi connectivity index (χ2n) is 14.5. The standard InChI is InChI=1S/C24H20N6.C18H15BrN6.C6H7BO2/c1-17-13-20(9-10-25-17)21-8-7-18(14-27-21)15-28-23-24-29-16-22(30(24)12-11-26-23)19-5-3-2-4-6-19;1-12-8-14(4-5-20-12)15-3-2-13(9-22-15)10-23-17-18-24-11-16(19)25(18)7-6-21-17;8-7(9)6-4-2-1-3-5-6/h2-14,16H,15H2,1H3,(H,26,28);2-9,11H,10H2,1H3,(H,21,23);1-5,8-9H. The van der Waals surface area contributed by atoms with Gasteiger partial charge in [-0.1, -0.05) is 72.8 Å². The van der Waals surface area contributed by atoms with Gasteiger partial charge in [-0.05, 0) is 82.8 Å². The largest absolute Gasteiger partial charge is 0.488 e. The highest BCUT2D eigenvalue weighted by atomic mass is 79.9. The lowest BCUT2D eigenvalue weighted by molar-refractivity contribution is 0.426. The first-order chi connectivity index (χ1) is 31.3. The van der Waals surface area contributed by atoms with Crippen molar-refractivity contribution in [2.75, 3.05) is 10.6 Å². The Morgan fingerprint density at radius 1 is 0.516 bits per heavy atom. The Balaban J connectivity index is 0.000000148. The lowest BCUT2D eigenvalue weighted by Gasteiger charge is -2.08. The second kappa shape index (κ2) is 20.5. The molecule has 10 rings (SSSR count). The number of pyridine rings is 4. The van der Waals surface area contributed by atoms with Crippen molar-refractivity contribution in [1.82, 2.24) is 48.7 Å². The average Bonchev–Trinajstić information content (AvgIpc) is 3.96. The molecule has 64 heavy (non-hydrogen) atoms. The number of nitrogens with one attached hydrogen (secondary N) is 2. The topological polar surface area (TPSA) is 176 Å². The Morgan fingerprint density at radius 2 is 1.03 bits per heavy atom. The van der Waals surface area contributed by atoms with Crippen LogP contribution < -0.4 is 16.1 Å². The minimum absolute atomic E-state index is 0.525. The van der Waals surface area contributed by atoms with Crippen molar-refractivity contribution in [3.63, 3.8) is 0 Å². The summed E-state index contributed by atoms with van der Waals surface area (Å²) < 4.78 is 4.88. The molecule has 2 aromatic carbocycles. The Kier molecular flexibility index (Phi) is 13.8. The molecule has 316 valence electrons. The van der Waals surface area contributed by atoms with E-state index in [1.807, 2.05) is 116 Å². The summed E-state index contributed by atoms with van der Waals surface area (Å²) >= 11 is 3.46. The molecule has 0 atom stereocenters. The van der Waals surface area contributed by atoms with Gasteiger partial charge in [0.15, 0.2) is 22.9 Å². The Morgan fingerprint density at radius 3 is 1.53 bits per heavy atom. The summed E-state index contributed by atoms with van der Waals surface area (Å²) in [5, 5.41) is 23.9. The predicted molar refractivity (Wildman–Crippen MR) is 254 cm³/mol. The first kappa shape index (κ1) is 43.0. The summed E-state index contributed by atoms with van der Waals surface area (Å²) in [5.74, 6) is 1.48. The van der Waals surface area contributed by atoms with Gasteiger partial charge in [0.1, 0.15) is 4.60 Å². The molecule has 8 heterocycles. The number of halogens is 1. The molecule has 10 aromatic rings. The van der Waals surface area contributed by atoms with Crippen LogP contribution in [0.2, 0.25) is 0 Å². The zero-order valence-corrected chi connectivity index (χ0v) is 36.5. The first-order valence-electron chi connectivity index (χ1n) is 20.3. The number of hydrogen-bond acceptors (Lipinski definition) is 12. The molecule has 0 fully saturated rings. The van der Waals surface area contributed by atoms with Crippen LogP contribution in [0.5, 0.6) is 0 Å². The first-order valence-corrected chi connectivity index (χ1v) is 21.1. The quantitative estimate of drug-likeness (QED) is 0.0975. The summed E-state index contributed by atoms with van der Waals surface area (Å²) in [7, 11) is -1.34. The number of benzene rings is 2. The van der Waals surface area contributed by atoms with Crippen LogP contribution in [-0.2, 0) is 13.1 Å². The summed E-state index contributed by atoms with van der Waals surface area (Å²) in [4.78, 5) is 35.4. The molecule has 4 N–H and O–H groups in total. The normalized spacial score (nSPS) is 10.7. The van der Waals surface area contributed by atoms with E-state index in [9.17, 15) is 0 Å². The molecule has 0 aliphatic heterocycles. The number of anilines is 2. The van der Waals surface area contributed by atoms with Crippen LogP contribution in [0, 0.1) is 13.8 Å². The van der Waals surface area contributed by atoms with Crippen molar-refractivity contribution in [3.05, 3.63) is 198 Å². The van der Waals surface area contributed by atoms with Crippen molar-refractivity contribution in [2.45, 2.75) is 26.9 Å². The Bertz CT molecular complexity index is 3080. The maximum Gasteiger partial charge on any atom is 0.488 e. The van der Waals surface area contributed by atoms with Crippen molar-refractivity contribution < 1.29 is 10.0 Å². The maximum absolute atomic E-state index is 8.58. The average molecular weight is 910 g/mol. The van der Waals surface area contributed by atoms with Crippen molar-refractivity contribution >= 4 is 51.4 Å². The van der Waals surface area contributed by atoms with E-state index in [0.29, 0.717) is 18.6 Å². The van der Waals surface area contributed by atoms with Gasteiger partial charge in [-0.2, -0.15) is 0 Å². The highest BCUT2D eigenvalue weighted by molar-refractivity contribution is 9.10. The third-order valence-corrected chi connectivity index (χ3v) is 10.5. The molecule has 0 unspecified atom stereocenters. The minimum Gasteiger partial charge on any atom is -0.423 e. The molecule has 0 bridgehead atoms. The fraction of sp³-hybridized carbons (Fsp3) is 0.0833. The van der Waals surface area contributed by atoms with Gasteiger partial charge < -0.3 is 20.7 Å². The zero-order chi connectivity index (χ0) is 44.3. The maximum atomic E-state index is 8.58. The van der Waals surface area contributed by atoms with E-state index < -0.39 is 7.12 Å². The van der Waals surface area contributed by atoms with Crippen LogP contribution in [0.25, 0.3) is 45.1 Å². The smallest absolute Gasteiger partial charge is 0.423 e. The van der Waals surface area contributed by atoms with E-state index in [1.54, 1.807) is 49.1 Å². The molecule has 0 saturated carbocycles. The predicted octanol–water partition coefficient (Wildman–Crippen LogP) is 8.01. The molecule has 0 radical (unpaired) electrons. The van der Waals surface area contributed by atoms with Crippen LogP contribution >= 0.6 is 15.9 Å². The highest BCUT2D eigenvalue weighted by Crippen LogP contribution is 2.24. The zero-order valence-electron chi connectivity index (χ0n) is 34.9. The molecule has 8 aromatic heterocycles. The van der Waals surface area contributed by atoms with E-state index in [1.165, 1.54) is 0 Å². The number of nitrogens with zero attached hydrogens (tertiary/aromatic N) is 10. The monoisotopic (exact) mass is 908 g/mol. The van der Waals surface area contributed by atoms with Gasteiger partial charge in [0.25, 0.3) is 0 Å². The van der Waals surface area contributed by atoms with Crippen molar-refractivity contribution in [3.8, 4) is 33.8 Å². The number of hydrogen-bond donors (Lipinski definition) is 4. The Labute approximate surface area is 378 Å². The fourth-order valence-corrected chi connectivity index (χ4v) is 7.08. The van der Waals surface area contributed by atoms with E-state index in [0.717, 1.165) is 83.8 Å². The molecule has 0 spiro atoms. The van der Waals surface area contributed by atoms with E-state index in [-0.39, 0.29) is 0 Å². The van der Waals surface area contributed by atoms with Crippen molar-refractivity contribution in [2.24, 2.45) is 0 Å². The van der Waals surface area contributed by atoms with Gasteiger partial charge in [0, 0.05) is 90.7 Å². The summed E-state index contributed by atoms with van der Waals surface area (Å²) in [6.07, 6.45) is 18.3. The van der Waals surface area contributed by atoms with Crippen LogP contribution in [0.4, 0.5) is 11.6 Å². The summed E-state index contributed by atoms with van der Waals surface area (Å²) in [5.41, 5.74) is 12.4. The molecule has 0 aliphatic carbocycles. The van der Waals surface area contributed by atoms with Gasteiger partial charge >= 0.3 is 7.12 Å². The Hall–Kier alpha value is -7.66. The van der Waals surface area contributed by atoms with Gasteiger partial charge in [0.2, 0.25) is 0 Å². The minimum atomic E-state index is -1.34. The lowest BCUT2D eigenvalue weighted by atomic mass is 9.81. The van der Waals surface area contributed by atoms with Crippen LogP contribution in [0.3, 0.4) is 0 Å². The van der Waals surface area contributed by atoms with Crippen LogP contribution in [0.15, 0.2) is 176 Å². The number of imidazole rings is 2. The van der Waals surface area contributed by atoms with E-state index >= 15 is 0 Å². The second-order valence-corrected chi connectivity index (χ2v) is 15.3. The number of fused-ring (bicyclic) bond motifs is 2. The van der Waals surface area contributed by atoms with Crippen LogP contribution in [0.1, 0.15) is 22.5 Å². The molecule has 16 heteroatoms. The van der Waals surface area contributed by atoms with Gasteiger partial charge in [-0.3, -0.25) is 28.7 Å². The van der Waals surface area contributed by atoms with Gasteiger partial charge in [-0.15, -0.1) is 0 Å². The number of rotatable bonds is 10.